The zero-order valence-electron chi connectivity index (χ0n) is 10.2. The summed E-state index contributed by atoms with van der Waals surface area (Å²) < 4.78 is 0. The Balaban J connectivity index is 2.52. The van der Waals surface area contributed by atoms with Gasteiger partial charge in [0, 0.05) is 6.20 Å². The summed E-state index contributed by atoms with van der Waals surface area (Å²) in [5.41, 5.74) is 1.69. The Morgan fingerprint density at radius 2 is 2.19 bits per heavy atom. The molecule has 0 aromatic carbocycles. The van der Waals surface area contributed by atoms with Crippen molar-refractivity contribution in [2.45, 2.75) is 51.9 Å². The van der Waals surface area contributed by atoms with Gasteiger partial charge in [-0.15, -0.1) is 0 Å². The van der Waals surface area contributed by atoms with Gasteiger partial charge < -0.3 is 0 Å². The lowest BCUT2D eigenvalue weighted by atomic mass is 9.94. The van der Waals surface area contributed by atoms with Crippen LogP contribution >= 0.6 is 0 Å². The predicted octanol–water partition coefficient (Wildman–Crippen LogP) is 4.03. The molecule has 1 aromatic rings. The lowest BCUT2D eigenvalue weighted by Gasteiger charge is -2.12. The summed E-state index contributed by atoms with van der Waals surface area (Å²) >= 11 is 0. The highest BCUT2D eigenvalue weighted by atomic mass is 14.7. The summed E-state index contributed by atoms with van der Waals surface area (Å²) in [7, 11) is 0. The lowest BCUT2D eigenvalue weighted by molar-refractivity contribution is 0.578. The summed E-state index contributed by atoms with van der Waals surface area (Å²) in [6.07, 6.45) is 7.96. The van der Waals surface area contributed by atoms with Crippen LogP contribution in [0.1, 0.15) is 63.1 Å². The van der Waals surface area contributed by atoms with E-state index in [2.05, 4.69) is 24.9 Å². The maximum Gasteiger partial charge on any atom is 0.143 e. The fourth-order valence-corrected chi connectivity index (χ4v) is 1.94. The first-order valence-corrected chi connectivity index (χ1v) is 6.14. The van der Waals surface area contributed by atoms with Crippen LogP contribution in [0.2, 0.25) is 0 Å². The van der Waals surface area contributed by atoms with Crippen molar-refractivity contribution in [3.05, 3.63) is 29.6 Å². The molecule has 0 N–H and O–H groups in total. The molecule has 0 amide bonds. The highest BCUT2D eigenvalue weighted by Gasteiger charge is 2.10. The molecular weight excluding hydrogens is 196 g/mol. The van der Waals surface area contributed by atoms with Gasteiger partial charge in [0.1, 0.15) is 11.8 Å². The standard InChI is InChI=1S/C14H20N2/c1-3-4-5-6-8-12(2)13-9-7-10-16-14(13)11-15/h7,9-10,12H,3-6,8H2,1-2H3. The Bertz CT molecular complexity index is 352. The van der Waals surface area contributed by atoms with Crippen LogP contribution in [-0.4, -0.2) is 4.98 Å². The van der Waals surface area contributed by atoms with Crippen LogP contribution in [0.3, 0.4) is 0 Å². The molecule has 0 saturated carbocycles. The SMILES string of the molecule is CCCCCCC(C)c1cccnc1C#N. The third-order valence-electron chi connectivity index (χ3n) is 2.97. The molecule has 0 radical (unpaired) electrons. The van der Waals surface area contributed by atoms with Crippen LogP contribution in [0.15, 0.2) is 18.3 Å². The van der Waals surface area contributed by atoms with E-state index in [9.17, 15) is 0 Å². The van der Waals surface area contributed by atoms with Crippen molar-refractivity contribution in [3.8, 4) is 6.07 Å². The monoisotopic (exact) mass is 216 g/mol. The molecule has 1 rings (SSSR count). The van der Waals surface area contributed by atoms with E-state index < -0.39 is 0 Å². The molecule has 0 fully saturated rings. The van der Waals surface area contributed by atoms with Gasteiger partial charge in [-0.25, -0.2) is 4.98 Å². The molecule has 0 aliphatic heterocycles. The van der Waals surface area contributed by atoms with Crippen molar-refractivity contribution in [2.75, 3.05) is 0 Å². The van der Waals surface area contributed by atoms with Crippen LogP contribution in [0.5, 0.6) is 0 Å². The molecule has 1 heterocycles. The summed E-state index contributed by atoms with van der Waals surface area (Å²) in [5, 5.41) is 8.96. The van der Waals surface area contributed by atoms with E-state index in [1.165, 1.54) is 25.7 Å². The quantitative estimate of drug-likeness (QED) is 0.673. The van der Waals surface area contributed by atoms with Crippen LogP contribution in [0.4, 0.5) is 0 Å². The fraction of sp³-hybridized carbons (Fsp3) is 0.571. The molecule has 1 atom stereocenters. The molecule has 0 bridgehead atoms. The van der Waals surface area contributed by atoms with E-state index in [0.29, 0.717) is 11.6 Å². The van der Waals surface area contributed by atoms with Gasteiger partial charge in [0.2, 0.25) is 0 Å². The van der Waals surface area contributed by atoms with Gasteiger partial charge in [0.05, 0.1) is 0 Å². The molecule has 0 aliphatic carbocycles. The third-order valence-corrected chi connectivity index (χ3v) is 2.97. The first-order chi connectivity index (χ1) is 7.79. The minimum atomic E-state index is 0.445. The van der Waals surface area contributed by atoms with Gasteiger partial charge in [0.25, 0.3) is 0 Å². The first kappa shape index (κ1) is 12.7. The molecule has 1 aromatic heterocycles. The summed E-state index contributed by atoms with van der Waals surface area (Å²) in [5.74, 6) is 0.445. The number of pyridine rings is 1. The lowest BCUT2D eigenvalue weighted by Crippen LogP contribution is -1.99. The normalized spacial score (nSPS) is 12.1. The largest absolute Gasteiger partial charge is 0.245 e. The van der Waals surface area contributed by atoms with Crippen molar-refractivity contribution in [2.24, 2.45) is 0 Å². The Morgan fingerprint density at radius 3 is 2.88 bits per heavy atom. The van der Waals surface area contributed by atoms with E-state index in [0.717, 1.165) is 12.0 Å². The van der Waals surface area contributed by atoms with Gasteiger partial charge >= 0.3 is 0 Å². The maximum atomic E-state index is 8.96. The molecule has 86 valence electrons. The van der Waals surface area contributed by atoms with Crippen molar-refractivity contribution >= 4 is 0 Å². The summed E-state index contributed by atoms with van der Waals surface area (Å²) in [6.45, 7) is 4.40. The van der Waals surface area contributed by atoms with E-state index in [4.69, 9.17) is 5.26 Å². The third kappa shape index (κ3) is 3.66. The summed E-state index contributed by atoms with van der Waals surface area (Å²) in [4.78, 5) is 4.10. The highest BCUT2D eigenvalue weighted by Crippen LogP contribution is 2.23. The van der Waals surface area contributed by atoms with E-state index >= 15 is 0 Å². The van der Waals surface area contributed by atoms with Crippen molar-refractivity contribution in [1.82, 2.24) is 4.98 Å². The number of nitrogens with zero attached hydrogens (tertiary/aromatic N) is 2. The zero-order valence-corrected chi connectivity index (χ0v) is 10.2. The van der Waals surface area contributed by atoms with Gasteiger partial charge in [0.15, 0.2) is 0 Å². The van der Waals surface area contributed by atoms with Gasteiger partial charge in [-0.1, -0.05) is 45.6 Å². The second-order valence-electron chi connectivity index (χ2n) is 4.30. The average molecular weight is 216 g/mol. The number of hydrogen-bond donors (Lipinski definition) is 0. The second kappa shape index (κ2) is 7.00. The number of rotatable bonds is 6. The van der Waals surface area contributed by atoms with Crippen LogP contribution in [0.25, 0.3) is 0 Å². The maximum absolute atomic E-state index is 8.96. The Hall–Kier alpha value is -1.36. The van der Waals surface area contributed by atoms with Crippen LogP contribution in [-0.2, 0) is 0 Å². The Morgan fingerprint density at radius 1 is 1.38 bits per heavy atom. The number of aromatic nitrogens is 1. The average Bonchev–Trinajstić information content (AvgIpc) is 2.34. The minimum Gasteiger partial charge on any atom is -0.245 e. The molecule has 16 heavy (non-hydrogen) atoms. The molecular formula is C14H20N2. The minimum absolute atomic E-state index is 0.445. The van der Waals surface area contributed by atoms with Crippen LogP contribution in [0, 0.1) is 11.3 Å². The van der Waals surface area contributed by atoms with E-state index in [1.807, 2.05) is 12.1 Å². The number of unbranched alkanes of at least 4 members (excludes halogenated alkanes) is 3. The molecule has 0 aliphatic rings. The molecule has 0 spiro atoms. The van der Waals surface area contributed by atoms with Crippen LogP contribution < -0.4 is 0 Å². The van der Waals surface area contributed by atoms with E-state index in [1.54, 1.807) is 6.20 Å². The topological polar surface area (TPSA) is 36.7 Å². The predicted molar refractivity (Wildman–Crippen MR) is 66.1 cm³/mol. The molecule has 2 heteroatoms. The molecule has 0 saturated heterocycles. The number of hydrogen-bond acceptors (Lipinski definition) is 2. The zero-order chi connectivity index (χ0) is 11.8. The second-order valence-corrected chi connectivity index (χ2v) is 4.30. The smallest absolute Gasteiger partial charge is 0.143 e. The Labute approximate surface area is 98.3 Å². The first-order valence-electron chi connectivity index (χ1n) is 6.14. The highest BCUT2D eigenvalue weighted by molar-refractivity contribution is 5.32. The Kier molecular flexibility index (Phi) is 5.56. The fourth-order valence-electron chi connectivity index (χ4n) is 1.94. The number of nitriles is 1. The van der Waals surface area contributed by atoms with Crippen molar-refractivity contribution < 1.29 is 0 Å². The molecule has 1 unspecified atom stereocenters. The molecule has 2 nitrogen and oxygen atoms in total. The van der Waals surface area contributed by atoms with Crippen molar-refractivity contribution in [3.63, 3.8) is 0 Å². The van der Waals surface area contributed by atoms with Gasteiger partial charge in [-0.05, 0) is 24.0 Å². The van der Waals surface area contributed by atoms with Gasteiger partial charge in [-0.3, -0.25) is 0 Å². The van der Waals surface area contributed by atoms with Gasteiger partial charge in [-0.2, -0.15) is 5.26 Å². The van der Waals surface area contributed by atoms with E-state index in [-0.39, 0.29) is 0 Å². The van der Waals surface area contributed by atoms with Crippen molar-refractivity contribution in [1.29, 1.82) is 5.26 Å². The summed E-state index contributed by atoms with van der Waals surface area (Å²) in [6, 6.07) is 6.11.